The molecule has 0 aromatic carbocycles. The van der Waals surface area contributed by atoms with Gasteiger partial charge in [0.05, 0.1) is 12.8 Å². The van der Waals surface area contributed by atoms with E-state index in [2.05, 4.69) is 15.2 Å². The molecule has 2 aliphatic heterocycles. The summed E-state index contributed by atoms with van der Waals surface area (Å²) in [6, 6.07) is 4.00. The summed E-state index contributed by atoms with van der Waals surface area (Å²) in [7, 11) is 0. The summed E-state index contributed by atoms with van der Waals surface area (Å²) < 4.78 is 11.7. The maximum Gasteiger partial charge on any atom is 0.262 e. The zero-order valence-electron chi connectivity index (χ0n) is 10.7. The Morgan fingerprint density at radius 1 is 1.47 bits per heavy atom. The molecule has 1 N–H and O–H groups in total. The van der Waals surface area contributed by atoms with Gasteiger partial charge in [0, 0.05) is 19.1 Å². The van der Waals surface area contributed by atoms with E-state index in [1.807, 2.05) is 6.07 Å². The number of nitrogens with one attached hydrogen (secondary N) is 1. The molecule has 3 heterocycles. The topological polar surface area (TPSA) is 46.6 Å². The second-order valence-electron chi connectivity index (χ2n) is 4.90. The first kappa shape index (κ1) is 13.1. The number of aromatic nitrogens is 1. The smallest absolute Gasteiger partial charge is 0.262 e. The minimum absolute atomic E-state index is 0.320. The summed E-state index contributed by atoms with van der Waals surface area (Å²) >= 11 is 5.76. The molecule has 2 fully saturated rings. The van der Waals surface area contributed by atoms with Gasteiger partial charge >= 0.3 is 0 Å². The molecule has 6 heteroatoms. The maximum atomic E-state index is 5.86. The maximum absolute atomic E-state index is 5.86. The summed E-state index contributed by atoms with van der Waals surface area (Å²) in [6.07, 6.45) is 3.68. The van der Waals surface area contributed by atoms with Crippen LogP contribution in [0, 0.1) is 0 Å². The number of nitrogens with zero attached hydrogens (tertiary/aromatic N) is 2. The van der Waals surface area contributed by atoms with Crippen LogP contribution in [0.25, 0.3) is 0 Å². The molecule has 0 bridgehead atoms. The standard InChI is InChI=1S/C13H18ClN3O2/c14-12-3-2-11(8-16-12)19-13(17-6-1-7-17)18-9-10-4-5-15-10/h2-3,8,10,13,15H,1,4-7,9H2/t10?,13-/m1/s1. The van der Waals surface area contributed by atoms with E-state index in [0.29, 0.717) is 23.6 Å². The van der Waals surface area contributed by atoms with Gasteiger partial charge in [-0.1, -0.05) is 11.6 Å². The number of halogens is 1. The van der Waals surface area contributed by atoms with Crippen molar-refractivity contribution in [1.82, 2.24) is 15.2 Å². The van der Waals surface area contributed by atoms with Crippen molar-refractivity contribution in [3.8, 4) is 5.75 Å². The lowest BCUT2D eigenvalue weighted by molar-refractivity contribution is -0.199. The zero-order chi connectivity index (χ0) is 13.1. The monoisotopic (exact) mass is 283 g/mol. The fourth-order valence-corrected chi connectivity index (χ4v) is 2.11. The van der Waals surface area contributed by atoms with Crippen LogP contribution >= 0.6 is 11.6 Å². The van der Waals surface area contributed by atoms with Gasteiger partial charge in [-0.25, -0.2) is 9.88 Å². The number of hydrogen-bond acceptors (Lipinski definition) is 5. The predicted molar refractivity (Wildman–Crippen MR) is 72.2 cm³/mol. The predicted octanol–water partition coefficient (Wildman–Crippen LogP) is 1.48. The Labute approximate surface area is 117 Å². The lowest BCUT2D eigenvalue weighted by atomic mass is 10.1. The molecular weight excluding hydrogens is 266 g/mol. The van der Waals surface area contributed by atoms with Crippen molar-refractivity contribution in [2.45, 2.75) is 25.3 Å². The highest BCUT2D eigenvalue weighted by Gasteiger charge is 2.28. The first-order valence-electron chi connectivity index (χ1n) is 6.68. The summed E-state index contributed by atoms with van der Waals surface area (Å²) in [5, 5.41) is 3.78. The van der Waals surface area contributed by atoms with Crippen LogP contribution in [-0.4, -0.2) is 48.6 Å². The summed E-state index contributed by atoms with van der Waals surface area (Å²) in [4.78, 5) is 6.19. The van der Waals surface area contributed by atoms with Crippen LogP contribution in [0.3, 0.4) is 0 Å². The minimum Gasteiger partial charge on any atom is -0.449 e. The van der Waals surface area contributed by atoms with Crippen molar-refractivity contribution in [3.63, 3.8) is 0 Å². The molecule has 5 nitrogen and oxygen atoms in total. The third-order valence-corrected chi connectivity index (χ3v) is 3.72. The van der Waals surface area contributed by atoms with E-state index < -0.39 is 0 Å². The van der Waals surface area contributed by atoms with E-state index in [0.717, 1.165) is 19.6 Å². The molecule has 2 atom stereocenters. The molecule has 2 aliphatic rings. The number of likely N-dealkylation sites (tertiary alicyclic amines) is 1. The second kappa shape index (κ2) is 6.05. The van der Waals surface area contributed by atoms with Gasteiger partial charge in [-0.2, -0.15) is 0 Å². The Morgan fingerprint density at radius 3 is 2.84 bits per heavy atom. The lowest BCUT2D eigenvalue weighted by Crippen LogP contribution is -2.52. The molecule has 0 saturated carbocycles. The Kier molecular flexibility index (Phi) is 4.18. The number of hydrogen-bond donors (Lipinski definition) is 1. The second-order valence-corrected chi connectivity index (χ2v) is 5.29. The first-order chi connectivity index (χ1) is 9.31. The van der Waals surface area contributed by atoms with Gasteiger partial charge in [-0.05, 0) is 31.5 Å². The van der Waals surface area contributed by atoms with E-state index >= 15 is 0 Å². The van der Waals surface area contributed by atoms with E-state index in [9.17, 15) is 0 Å². The van der Waals surface area contributed by atoms with Crippen molar-refractivity contribution in [3.05, 3.63) is 23.5 Å². The summed E-state index contributed by atoms with van der Waals surface area (Å²) in [5.74, 6) is 0.683. The first-order valence-corrected chi connectivity index (χ1v) is 7.06. The van der Waals surface area contributed by atoms with E-state index in [4.69, 9.17) is 21.1 Å². The minimum atomic E-state index is -0.320. The SMILES string of the molecule is Clc1ccc(O[C@@H](OCC2CCN2)N2CCC2)cn1. The molecule has 0 radical (unpaired) electrons. The van der Waals surface area contributed by atoms with Crippen molar-refractivity contribution >= 4 is 11.6 Å². The van der Waals surface area contributed by atoms with Gasteiger partial charge in [0.25, 0.3) is 6.41 Å². The molecule has 1 aromatic heterocycles. The van der Waals surface area contributed by atoms with Crippen molar-refractivity contribution in [1.29, 1.82) is 0 Å². The van der Waals surface area contributed by atoms with Gasteiger partial charge in [0.2, 0.25) is 0 Å². The van der Waals surface area contributed by atoms with Crippen LogP contribution in [0.2, 0.25) is 5.15 Å². The largest absolute Gasteiger partial charge is 0.449 e. The van der Waals surface area contributed by atoms with Crippen molar-refractivity contribution in [2.75, 3.05) is 26.2 Å². The van der Waals surface area contributed by atoms with Gasteiger partial charge in [-0.15, -0.1) is 0 Å². The van der Waals surface area contributed by atoms with E-state index in [1.54, 1.807) is 12.3 Å². The van der Waals surface area contributed by atoms with Crippen LogP contribution in [-0.2, 0) is 4.74 Å². The highest BCUT2D eigenvalue weighted by atomic mass is 35.5. The van der Waals surface area contributed by atoms with Crippen molar-refractivity contribution < 1.29 is 9.47 Å². The Morgan fingerprint density at radius 2 is 2.32 bits per heavy atom. The molecule has 0 spiro atoms. The average Bonchev–Trinajstić information content (AvgIpc) is 2.27. The molecule has 19 heavy (non-hydrogen) atoms. The lowest BCUT2D eigenvalue weighted by Gasteiger charge is -2.38. The molecule has 1 aromatic rings. The van der Waals surface area contributed by atoms with Gasteiger partial charge in [0.1, 0.15) is 10.9 Å². The molecule has 3 rings (SSSR count). The van der Waals surface area contributed by atoms with Gasteiger partial charge in [-0.3, -0.25) is 0 Å². The Hall–Kier alpha value is -0.880. The van der Waals surface area contributed by atoms with Crippen LogP contribution < -0.4 is 10.1 Å². The van der Waals surface area contributed by atoms with Crippen LogP contribution in [0.15, 0.2) is 18.3 Å². The van der Waals surface area contributed by atoms with E-state index in [1.165, 1.54) is 12.8 Å². The fourth-order valence-electron chi connectivity index (χ4n) is 2.00. The molecule has 104 valence electrons. The normalized spacial score (nSPS) is 24.4. The molecular formula is C13H18ClN3O2. The van der Waals surface area contributed by atoms with Crippen LogP contribution in [0.1, 0.15) is 12.8 Å². The summed E-state index contributed by atoms with van der Waals surface area (Å²) in [6.45, 7) is 3.81. The quantitative estimate of drug-likeness (QED) is 0.633. The van der Waals surface area contributed by atoms with Gasteiger partial charge < -0.3 is 14.8 Å². The fraction of sp³-hybridized carbons (Fsp3) is 0.615. The van der Waals surface area contributed by atoms with Gasteiger partial charge in [0.15, 0.2) is 0 Å². The van der Waals surface area contributed by atoms with Crippen LogP contribution in [0.4, 0.5) is 0 Å². The molecule has 1 unspecified atom stereocenters. The van der Waals surface area contributed by atoms with Crippen LogP contribution in [0.5, 0.6) is 5.75 Å². The van der Waals surface area contributed by atoms with Crippen molar-refractivity contribution in [2.24, 2.45) is 0 Å². The average molecular weight is 284 g/mol. The molecule has 0 amide bonds. The van der Waals surface area contributed by atoms with E-state index in [-0.39, 0.29) is 6.41 Å². The molecule has 0 aliphatic carbocycles. The number of ether oxygens (including phenoxy) is 2. The zero-order valence-corrected chi connectivity index (χ0v) is 11.5. The summed E-state index contributed by atoms with van der Waals surface area (Å²) in [5.41, 5.74) is 0. The number of rotatable bonds is 6. The Bertz CT molecular complexity index is 407. The number of pyridine rings is 1. The highest BCUT2D eigenvalue weighted by Crippen LogP contribution is 2.19. The Balaban J connectivity index is 1.56. The third-order valence-electron chi connectivity index (χ3n) is 3.49. The highest BCUT2D eigenvalue weighted by molar-refractivity contribution is 6.29. The third kappa shape index (κ3) is 3.36. The molecule has 2 saturated heterocycles.